The molecule has 0 spiro atoms. The molecule has 1 aromatic carbocycles. The van der Waals surface area contributed by atoms with E-state index in [1.165, 1.54) is 17.2 Å². The molecule has 4 nitrogen and oxygen atoms in total. The van der Waals surface area contributed by atoms with Gasteiger partial charge in [0.05, 0.1) is 5.69 Å². The topological polar surface area (TPSA) is 47.2 Å². The van der Waals surface area contributed by atoms with Gasteiger partial charge >= 0.3 is 0 Å². The Kier molecular flexibility index (Phi) is 2.90. The molecule has 0 atom stereocenters. The molecule has 86 valence electrons. The third kappa shape index (κ3) is 2.32. The Morgan fingerprint density at radius 3 is 2.41 bits per heavy atom. The molecule has 1 aromatic heterocycles. The van der Waals surface area contributed by atoms with Gasteiger partial charge in [0.15, 0.2) is 5.82 Å². The second kappa shape index (κ2) is 4.36. The van der Waals surface area contributed by atoms with Crippen LogP contribution in [0.3, 0.4) is 0 Å². The van der Waals surface area contributed by atoms with Crippen molar-refractivity contribution in [2.24, 2.45) is 12.0 Å². The first kappa shape index (κ1) is 11.3. The van der Waals surface area contributed by atoms with Gasteiger partial charge in [-0.05, 0) is 26.0 Å². The Labute approximate surface area is 99.6 Å². The molecule has 0 unspecified atom stereocenters. The number of benzene rings is 1. The Morgan fingerprint density at radius 2 is 1.82 bits per heavy atom. The van der Waals surface area contributed by atoms with E-state index in [2.05, 4.69) is 28.3 Å². The first-order valence-corrected chi connectivity index (χ1v) is 5.31. The van der Waals surface area contributed by atoms with Crippen LogP contribution in [-0.4, -0.2) is 15.9 Å². The quantitative estimate of drug-likeness (QED) is 0.585. The van der Waals surface area contributed by atoms with Gasteiger partial charge in [0, 0.05) is 18.7 Å². The van der Waals surface area contributed by atoms with E-state index in [0.717, 1.165) is 11.3 Å². The van der Waals surface area contributed by atoms with E-state index in [4.69, 9.17) is 0 Å². The molecule has 0 aliphatic heterocycles. The Balaban J connectivity index is 2.53. The number of aryl methyl sites for hydroxylation is 3. The second-order valence-corrected chi connectivity index (χ2v) is 4.09. The maximum absolute atomic E-state index is 10.2. The first-order valence-electron chi connectivity index (χ1n) is 5.31. The van der Waals surface area contributed by atoms with Crippen molar-refractivity contribution in [1.82, 2.24) is 9.78 Å². The van der Waals surface area contributed by atoms with Crippen LogP contribution >= 0.6 is 0 Å². The van der Waals surface area contributed by atoms with E-state index in [1.54, 1.807) is 17.8 Å². The first-order chi connectivity index (χ1) is 8.10. The minimum atomic E-state index is 0.508. The van der Waals surface area contributed by atoms with Crippen LogP contribution in [0.5, 0.6) is 0 Å². The van der Waals surface area contributed by atoms with E-state index >= 15 is 0 Å². The van der Waals surface area contributed by atoms with E-state index in [1.807, 2.05) is 13.8 Å². The summed E-state index contributed by atoms with van der Waals surface area (Å²) < 4.78 is 1.57. The number of aliphatic imine (C=N–C) groups is 1. The molecule has 1 heterocycles. The van der Waals surface area contributed by atoms with Crippen LogP contribution in [0.2, 0.25) is 0 Å². The predicted molar refractivity (Wildman–Crippen MR) is 65.9 cm³/mol. The molecule has 2 aromatic rings. The van der Waals surface area contributed by atoms with Gasteiger partial charge in [-0.3, -0.25) is 0 Å². The number of hydrogen-bond acceptors (Lipinski definition) is 3. The fourth-order valence-electron chi connectivity index (χ4n) is 1.87. The molecule has 0 saturated carbocycles. The number of nitrogens with zero attached hydrogens (tertiary/aromatic N) is 3. The summed E-state index contributed by atoms with van der Waals surface area (Å²) in [7, 11) is 1.75. The van der Waals surface area contributed by atoms with Crippen molar-refractivity contribution in [3.63, 3.8) is 0 Å². The smallest absolute Gasteiger partial charge is 0.242 e. The van der Waals surface area contributed by atoms with Crippen molar-refractivity contribution < 1.29 is 4.79 Å². The highest BCUT2D eigenvalue weighted by Gasteiger charge is 2.07. The summed E-state index contributed by atoms with van der Waals surface area (Å²) in [6, 6.07) is 8.00. The van der Waals surface area contributed by atoms with Gasteiger partial charge in [0.2, 0.25) is 6.08 Å². The van der Waals surface area contributed by atoms with Crippen molar-refractivity contribution in [1.29, 1.82) is 0 Å². The zero-order chi connectivity index (χ0) is 12.4. The van der Waals surface area contributed by atoms with Crippen molar-refractivity contribution in [2.75, 3.05) is 0 Å². The minimum Gasteiger partial charge on any atom is -0.250 e. The van der Waals surface area contributed by atoms with Gasteiger partial charge in [-0.15, -0.1) is 4.99 Å². The lowest BCUT2D eigenvalue weighted by Crippen LogP contribution is -1.90. The van der Waals surface area contributed by atoms with Crippen LogP contribution in [-0.2, 0) is 11.8 Å². The molecule has 17 heavy (non-hydrogen) atoms. The molecule has 0 aliphatic carbocycles. The van der Waals surface area contributed by atoms with Crippen molar-refractivity contribution in [3.05, 3.63) is 35.4 Å². The van der Waals surface area contributed by atoms with Gasteiger partial charge in [0.1, 0.15) is 0 Å². The molecule has 0 amide bonds. The highest BCUT2D eigenvalue weighted by molar-refractivity contribution is 5.64. The van der Waals surface area contributed by atoms with Crippen LogP contribution in [0.15, 0.2) is 29.3 Å². The third-order valence-electron chi connectivity index (χ3n) is 2.53. The summed E-state index contributed by atoms with van der Waals surface area (Å²) in [4.78, 5) is 13.8. The maximum atomic E-state index is 10.2. The van der Waals surface area contributed by atoms with Crippen LogP contribution < -0.4 is 0 Å². The fourth-order valence-corrected chi connectivity index (χ4v) is 1.87. The lowest BCUT2D eigenvalue weighted by molar-refractivity contribution is 0.564. The number of carbonyl (C=O) groups excluding carboxylic acids is 1. The van der Waals surface area contributed by atoms with Crippen LogP contribution in [0.4, 0.5) is 5.82 Å². The van der Waals surface area contributed by atoms with E-state index in [-0.39, 0.29) is 0 Å². The van der Waals surface area contributed by atoms with Gasteiger partial charge in [-0.1, -0.05) is 17.2 Å². The zero-order valence-electron chi connectivity index (χ0n) is 10.1. The molecule has 0 saturated heterocycles. The largest absolute Gasteiger partial charge is 0.250 e. The summed E-state index contributed by atoms with van der Waals surface area (Å²) in [6.45, 7) is 4.09. The van der Waals surface area contributed by atoms with Crippen LogP contribution in [0, 0.1) is 13.8 Å². The molecular weight excluding hydrogens is 214 g/mol. The summed E-state index contributed by atoms with van der Waals surface area (Å²) in [5, 5.41) is 4.33. The summed E-state index contributed by atoms with van der Waals surface area (Å²) in [5.74, 6) is 0.508. The van der Waals surface area contributed by atoms with E-state index in [9.17, 15) is 4.79 Å². The molecule has 2 rings (SSSR count). The van der Waals surface area contributed by atoms with Gasteiger partial charge in [-0.2, -0.15) is 5.10 Å². The maximum Gasteiger partial charge on any atom is 0.242 e. The number of aromatic nitrogens is 2. The molecular formula is C13H13N3O. The Bertz CT molecular complexity index is 587. The minimum absolute atomic E-state index is 0.508. The molecule has 0 aliphatic rings. The van der Waals surface area contributed by atoms with Crippen molar-refractivity contribution in [2.45, 2.75) is 13.8 Å². The normalized spacial score (nSPS) is 10.1. The lowest BCUT2D eigenvalue weighted by Gasteiger charge is -2.01. The molecule has 0 N–H and O–H groups in total. The van der Waals surface area contributed by atoms with Crippen LogP contribution in [0.25, 0.3) is 11.3 Å². The lowest BCUT2D eigenvalue weighted by atomic mass is 10.1. The summed E-state index contributed by atoms with van der Waals surface area (Å²) in [6.07, 6.45) is 1.53. The molecule has 0 radical (unpaired) electrons. The zero-order valence-corrected chi connectivity index (χ0v) is 10.1. The summed E-state index contributed by atoms with van der Waals surface area (Å²) in [5.41, 5.74) is 4.22. The number of isocyanates is 1. The average Bonchev–Trinajstić information content (AvgIpc) is 2.60. The molecule has 0 fully saturated rings. The standard InChI is InChI=1S/C13H13N3O/c1-9-4-10(2)6-11(5-9)12-7-13(14-8-17)16(3)15-12/h4-7H,1-3H3. The highest BCUT2D eigenvalue weighted by Crippen LogP contribution is 2.24. The fraction of sp³-hybridized carbons (Fsp3) is 0.231. The predicted octanol–water partition coefficient (Wildman–Crippen LogP) is 2.67. The summed E-state index contributed by atoms with van der Waals surface area (Å²) >= 11 is 0. The van der Waals surface area contributed by atoms with Gasteiger partial charge in [-0.25, -0.2) is 9.48 Å². The highest BCUT2D eigenvalue weighted by atomic mass is 16.1. The molecule has 0 bridgehead atoms. The Hall–Kier alpha value is -2.19. The van der Waals surface area contributed by atoms with E-state index < -0.39 is 0 Å². The van der Waals surface area contributed by atoms with Gasteiger partial charge in [0.25, 0.3) is 0 Å². The monoisotopic (exact) mass is 227 g/mol. The SMILES string of the molecule is Cc1cc(C)cc(-c2cc(N=C=O)n(C)n2)c1. The van der Waals surface area contributed by atoms with Crippen LogP contribution in [0.1, 0.15) is 11.1 Å². The number of hydrogen-bond donors (Lipinski definition) is 0. The van der Waals surface area contributed by atoms with Crippen molar-refractivity contribution >= 4 is 11.9 Å². The average molecular weight is 227 g/mol. The Morgan fingerprint density at radius 1 is 1.18 bits per heavy atom. The second-order valence-electron chi connectivity index (χ2n) is 4.09. The molecule has 4 heteroatoms. The number of rotatable bonds is 2. The third-order valence-corrected chi connectivity index (χ3v) is 2.53. The van der Waals surface area contributed by atoms with E-state index in [0.29, 0.717) is 5.82 Å². The van der Waals surface area contributed by atoms with Gasteiger partial charge < -0.3 is 0 Å². The van der Waals surface area contributed by atoms with Crippen molar-refractivity contribution in [3.8, 4) is 11.3 Å².